The molecular weight excluding hydrogens is 484 g/mol. The molecule has 0 unspecified atom stereocenters. The van der Waals surface area contributed by atoms with E-state index in [0.29, 0.717) is 22.1 Å². The minimum absolute atomic E-state index is 0.397. The molecule has 0 aliphatic heterocycles. The Morgan fingerprint density at radius 2 is 1.58 bits per heavy atom. The maximum absolute atomic E-state index is 12.1. The van der Waals surface area contributed by atoms with Gasteiger partial charge >= 0.3 is 5.97 Å². The Morgan fingerprint density at radius 1 is 0.968 bits per heavy atom. The first kappa shape index (κ1) is 22.5. The van der Waals surface area contributed by atoms with Crippen LogP contribution in [0.15, 0.2) is 82.4 Å². The Labute approximate surface area is 193 Å². The van der Waals surface area contributed by atoms with E-state index < -0.39 is 18.0 Å². The van der Waals surface area contributed by atoms with Crippen LogP contribution in [-0.2, 0) is 4.79 Å². The first-order valence-electron chi connectivity index (χ1n) is 9.23. The molecule has 0 fully saturated rings. The third-order valence-corrected chi connectivity index (χ3v) is 4.84. The van der Waals surface area contributed by atoms with Gasteiger partial charge in [-0.25, -0.2) is 10.2 Å². The minimum atomic E-state index is -0.737. The quantitative estimate of drug-likeness (QED) is 0.208. The van der Waals surface area contributed by atoms with Gasteiger partial charge in [0, 0.05) is 9.50 Å². The van der Waals surface area contributed by atoms with Gasteiger partial charge in [0.25, 0.3) is 5.91 Å². The first-order chi connectivity index (χ1) is 14.9. The van der Waals surface area contributed by atoms with Gasteiger partial charge in [0.1, 0.15) is 11.5 Å². The van der Waals surface area contributed by atoms with Crippen molar-refractivity contribution >= 4 is 45.6 Å². The second kappa shape index (κ2) is 10.7. The molecule has 0 aliphatic carbocycles. The molecule has 0 aromatic heterocycles. The zero-order valence-corrected chi connectivity index (χ0v) is 18.8. The third kappa shape index (κ3) is 6.94. The van der Waals surface area contributed by atoms with E-state index in [0.717, 1.165) is 10.0 Å². The summed E-state index contributed by atoms with van der Waals surface area (Å²) in [5.74, 6) is 0.0884. The first-order valence-corrected chi connectivity index (χ1v) is 10.4. The lowest BCUT2D eigenvalue weighted by molar-refractivity contribution is -0.127. The summed E-state index contributed by atoms with van der Waals surface area (Å²) < 4.78 is 11.8. The van der Waals surface area contributed by atoms with Crippen LogP contribution in [0.1, 0.15) is 22.8 Å². The second-order valence-electron chi connectivity index (χ2n) is 6.41. The zero-order valence-electron chi connectivity index (χ0n) is 16.4. The van der Waals surface area contributed by atoms with Crippen LogP contribution in [-0.4, -0.2) is 24.2 Å². The molecule has 0 radical (unpaired) electrons. The number of rotatable bonds is 7. The number of nitrogens with one attached hydrogen (secondary N) is 1. The average molecular weight is 502 g/mol. The highest BCUT2D eigenvalue weighted by Gasteiger charge is 2.13. The van der Waals surface area contributed by atoms with E-state index in [-0.39, 0.29) is 0 Å². The van der Waals surface area contributed by atoms with E-state index in [1.54, 1.807) is 79.7 Å². The monoisotopic (exact) mass is 500 g/mol. The van der Waals surface area contributed by atoms with Gasteiger partial charge in [-0.15, -0.1) is 0 Å². The number of nitrogens with zero attached hydrogens (tertiary/aromatic N) is 1. The fourth-order valence-electron chi connectivity index (χ4n) is 2.41. The van der Waals surface area contributed by atoms with Gasteiger partial charge < -0.3 is 9.47 Å². The number of carbonyl (C=O) groups excluding carboxylic acids is 2. The Balaban J connectivity index is 1.49. The van der Waals surface area contributed by atoms with Crippen molar-refractivity contribution in [2.45, 2.75) is 13.0 Å². The molecular formula is C23H18BrClN2O4. The molecule has 3 rings (SSSR count). The lowest BCUT2D eigenvalue weighted by Crippen LogP contribution is -2.33. The molecule has 0 spiro atoms. The van der Waals surface area contributed by atoms with Crippen LogP contribution in [0.3, 0.4) is 0 Å². The smallest absolute Gasteiger partial charge is 0.343 e. The summed E-state index contributed by atoms with van der Waals surface area (Å²) in [6.07, 6.45) is 0.742. The molecule has 6 nitrogen and oxygen atoms in total. The van der Waals surface area contributed by atoms with Crippen molar-refractivity contribution in [3.8, 4) is 11.5 Å². The molecule has 158 valence electrons. The molecule has 0 aliphatic rings. The van der Waals surface area contributed by atoms with E-state index in [1.165, 1.54) is 6.21 Å². The molecule has 1 N–H and O–H groups in total. The van der Waals surface area contributed by atoms with Crippen LogP contribution >= 0.6 is 27.5 Å². The molecule has 0 bridgehead atoms. The van der Waals surface area contributed by atoms with Gasteiger partial charge in [-0.05, 0) is 85.3 Å². The van der Waals surface area contributed by atoms with Gasteiger partial charge in [0.05, 0.1) is 11.8 Å². The third-order valence-electron chi connectivity index (χ3n) is 4.05. The number of ether oxygens (including phenoxy) is 2. The summed E-state index contributed by atoms with van der Waals surface area (Å²) in [5.41, 5.74) is 3.59. The number of hydrogen-bond donors (Lipinski definition) is 1. The molecule has 0 saturated heterocycles. The molecule has 3 aromatic rings. The van der Waals surface area contributed by atoms with Crippen LogP contribution in [0.25, 0.3) is 0 Å². The van der Waals surface area contributed by atoms with Gasteiger partial charge in [-0.2, -0.15) is 5.10 Å². The zero-order chi connectivity index (χ0) is 22.2. The largest absolute Gasteiger partial charge is 0.481 e. The van der Waals surface area contributed by atoms with Crippen molar-refractivity contribution in [1.29, 1.82) is 0 Å². The number of halogens is 2. The van der Waals surface area contributed by atoms with E-state index >= 15 is 0 Å². The predicted molar refractivity (Wildman–Crippen MR) is 123 cm³/mol. The van der Waals surface area contributed by atoms with Gasteiger partial charge in [0.15, 0.2) is 6.10 Å². The lowest BCUT2D eigenvalue weighted by Gasteiger charge is -2.12. The Bertz CT molecular complexity index is 1070. The Morgan fingerprint density at radius 3 is 2.23 bits per heavy atom. The fraction of sp³-hybridized carbons (Fsp3) is 0.0870. The van der Waals surface area contributed by atoms with Crippen molar-refractivity contribution in [1.82, 2.24) is 5.43 Å². The van der Waals surface area contributed by atoms with E-state index in [1.807, 2.05) is 0 Å². The predicted octanol–water partition coefficient (Wildman–Crippen LogP) is 5.24. The normalized spacial score (nSPS) is 11.7. The Kier molecular flexibility index (Phi) is 7.81. The standard InChI is InChI=1S/C23H18BrClN2O4/c1-15(30-20-12-8-19(25)9-13-20)22(28)27-26-14-16-2-10-21(11-3-16)31-23(29)17-4-6-18(24)7-5-17/h2-15H,1H3,(H,27,28)/b26-14-/t15-/m1/s1. The minimum Gasteiger partial charge on any atom is -0.481 e. The summed E-state index contributed by atoms with van der Waals surface area (Å²) in [4.78, 5) is 24.2. The van der Waals surface area contributed by atoms with Crippen molar-refractivity contribution in [3.05, 3.63) is 93.4 Å². The maximum Gasteiger partial charge on any atom is 0.343 e. The number of esters is 1. The van der Waals surface area contributed by atoms with Crippen molar-refractivity contribution in [2.75, 3.05) is 0 Å². The highest BCUT2D eigenvalue weighted by molar-refractivity contribution is 9.10. The molecule has 31 heavy (non-hydrogen) atoms. The number of hydrazone groups is 1. The number of amides is 1. The van der Waals surface area contributed by atoms with Crippen molar-refractivity contribution < 1.29 is 19.1 Å². The Hall–Kier alpha value is -3.16. The van der Waals surface area contributed by atoms with Crippen LogP contribution < -0.4 is 14.9 Å². The van der Waals surface area contributed by atoms with Crippen molar-refractivity contribution in [3.63, 3.8) is 0 Å². The summed E-state index contributed by atoms with van der Waals surface area (Å²) in [6, 6.07) is 20.3. The van der Waals surface area contributed by atoms with Crippen LogP contribution in [0.5, 0.6) is 11.5 Å². The van der Waals surface area contributed by atoms with Gasteiger partial charge in [-0.3, -0.25) is 4.79 Å². The maximum atomic E-state index is 12.1. The fourth-order valence-corrected chi connectivity index (χ4v) is 2.80. The molecule has 3 aromatic carbocycles. The highest BCUT2D eigenvalue weighted by atomic mass is 79.9. The van der Waals surface area contributed by atoms with Crippen molar-refractivity contribution in [2.24, 2.45) is 5.10 Å². The topological polar surface area (TPSA) is 77.0 Å². The summed E-state index contributed by atoms with van der Waals surface area (Å²) in [7, 11) is 0. The highest BCUT2D eigenvalue weighted by Crippen LogP contribution is 2.17. The molecule has 8 heteroatoms. The lowest BCUT2D eigenvalue weighted by atomic mass is 10.2. The molecule has 1 amide bonds. The summed E-state index contributed by atoms with van der Waals surface area (Å²) in [6.45, 7) is 1.62. The SMILES string of the molecule is C[C@@H](Oc1ccc(Cl)cc1)C(=O)N/N=C\c1ccc(OC(=O)c2ccc(Br)cc2)cc1. The molecule has 1 atom stereocenters. The van der Waals surface area contributed by atoms with Gasteiger partial charge in [0.2, 0.25) is 0 Å². The van der Waals surface area contributed by atoms with E-state index in [2.05, 4.69) is 26.5 Å². The number of carbonyl (C=O) groups is 2. The van der Waals surface area contributed by atoms with Crippen LogP contribution in [0, 0.1) is 0 Å². The summed E-state index contributed by atoms with van der Waals surface area (Å²) in [5, 5.41) is 4.51. The second-order valence-corrected chi connectivity index (χ2v) is 7.77. The summed E-state index contributed by atoms with van der Waals surface area (Å²) >= 11 is 9.15. The van der Waals surface area contributed by atoms with Gasteiger partial charge in [-0.1, -0.05) is 27.5 Å². The molecule has 0 saturated carbocycles. The van der Waals surface area contributed by atoms with E-state index in [9.17, 15) is 9.59 Å². The average Bonchev–Trinajstić information content (AvgIpc) is 2.77. The molecule has 0 heterocycles. The van der Waals surface area contributed by atoms with E-state index in [4.69, 9.17) is 21.1 Å². The van der Waals surface area contributed by atoms with Crippen LogP contribution in [0.2, 0.25) is 5.02 Å². The van der Waals surface area contributed by atoms with Crippen LogP contribution in [0.4, 0.5) is 0 Å². The number of benzene rings is 3. The number of hydrogen-bond acceptors (Lipinski definition) is 5.